The van der Waals surface area contributed by atoms with Crippen LogP contribution in [0.1, 0.15) is 24.5 Å². The molecule has 1 aliphatic carbocycles. The number of halogens is 1. The van der Waals surface area contributed by atoms with Crippen LogP contribution in [0.5, 0.6) is 0 Å². The maximum absolute atomic E-state index is 11.6. The maximum Gasteiger partial charge on any atom is 0.185 e. The third-order valence-electron chi connectivity index (χ3n) is 2.90. The molecule has 0 atom stereocenters. The average molecular weight is 247 g/mol. The number of hydrogen-bond donors (Lipinski definition) is 0. The molecule has 0 radical (unpaired) electrons. The van der Waals surface area contributed by atoms with Crippen LogP contribution < -0.4 is 5.43 Å². The van der Waals surface area contributed by atoms with Gasteiger partial charge in [-0.25, -0.2) is 0 Å². The van der Waals surface area contributed by atoms with E-state index in [0.29, 0.717) is 16.7 Å². The summed E-state index contributed by atoms with van der Waals surface area (Å²) in [6.45, 7) is 0. The zero-order valence-electron chi connectivity index (χ0n) is 9.15. The zero-order chi connectivity index (χ0) is 11.8. The molecule has 0 aliphatic heterocycles. The van der Waals surface area contributed by atoms with Gasteiger partial charge in [-0.05, 0) is 25.0 Å². The molecule has 1 heterocycles. The van der Waals surface area contributed by atoms with E-state index in [1.807, 2.05) is 18.2 Å². The van der Waals surface area contributed by atoms with Gasteiger partial charge in [-0.2, -0.15) is 0 Å². The topological polar surface area (TPSA) is 30.2 Å². The van der Waals surface area contributed by atoms with E-state index in [4.69, 9.17) is 16.0 Å². The fraction of sp³-hybridized carbons (Fsp3) is 0.214. The Labute approximate surface area is 104 Å². The van der Waals surface area contributed by atoms with E-state index in [1.165, 1.54) is 6.07 Å². The van der Waals surface area contributed by atoms with Crippen molar-refractivity contribution < 1.29 is 4.42 Å². The molecule has 1 aromatic carbocycles. The van der Waals surface area contributed by atoms with Gasteiger partial charge in [-0.15, -0.1) is 0 Å². The predicted molar refractivity (Wildman–Crippen MR) is 67.4 cm³/mol. The maximum atomic E-state index is 11.6. The predicted octanol–water partition coefficient (Wildman–Crippen LogP) is 3.84. The summed E-state index contributed by atoms with van der Waals surface area (Å²) in [5.74, 6) is 1.77. The van der Waals surface area contributed by atoms with E-state index < -0.39 is 0 Å². The van der Waals surface area contributed by atoms with Crippen molar-refractivity contribution in [3.8, 4) is 11.3 Å². The zero-order valence-corrected chi connectivity index (χ0v) is 9.91. The van der Waals surface area contributed by atoms with Crippen molar-refractivity contribution in [1.29, 1.82) is 0 Å². The van der Waals surface area contributed by atoms with Gasteiger partial charge in [0.25, 0.3) is 0 Å². The van der Waals surface area contributed by atoms with Crippen LogP contribution >= 0.6 is 11.6 Å². The highest BCUT2D eigenvalue weighted by atomic mass is 35.5. The Bertz CT molecular complexity index is 612. The average Bonchev–Trinajstić information content (AvgIpc) is 3.12. The molecule has 0 amide bonds. The first kappa shape index (κ1) is 10.6. The molecular weight excluding hydrogens is 236 g/mol. The molecule has 0 saturated heterocycles. The molecule has 0 spiro atoms. The fourth-order valence-electron chi connectivity index (χ4n) is 1.86. The quantitative estimate of drug-likeness (QED) is 0.806. The lowest BCUT2D eigenvalue weighted by atomic mass is 10.1. The van der Waals surface area contributed by atoms with Gasteiger partial charge in [0.2, 0.25) is 0 Å². The summed E-state index contributed by atoms with van der Waals surface area (Å²) >= 11 is 6.10. The molecule has 1 aliphatic rings. The van der Waals surface area contributed by atoms with E-state index in [1.54, 1.807) is 12.1 Å². The summed E-state index contributed by atoms with van der Waals surface area (Å²) in [6.07, 6.45) is 2.21. The normalized spacial score (nSPS) is 14.9. The van der Waals surface area contributed by atoms with Gasteiger partial charge >= 0.3 is 0 Å². The van der Waals surface area contributed by atoms with Crippen LogP contribution in [0.3, 0.4) is 0 Å². The van der Waals surface area contributed by atoms with Crippen LogP contribution in [0.25, 0.3) is 11.3 Å². The molecule has 1 fully saturated rings. The van der Waals surface area contributed by atoms with Crippen LogP contribution in [0, 0.1) is 0 Å². The lowest BCUT2D eigenvalue weighted by Gasteiger charge is -2.05. The van der Waals surface area contributed by atoms with Crippen molar-refractivity contribution in [2.45, 2.75) is 18.8 Å². The Morgan fingerprint density at radius 1 is 1.18 bits per heavy atom. The second-order valence-electron chi connectivity index (χ2n) is 4.31. The Balaban J connectivity index is 2.14. The second kappa shape index (κ2) is 4.04. The van der Waals surface area contributed by atoms with Crippen LogP contribution in [0.15, 0.2) is 45.6 Å². The van der Waals surface area contributed by atoms with Crippen LogP contribution in [-0.4, -0.2) is 0 Å². The number of rotatable bonds is 2. The number of hydrogen-bond acceptors (Lipinski definition) is 2. The lowest BCUT2D eigenvalue weighted by molar-refractivity contribution is 0.507. The molecule has 0 bridgehead atoms. The largest absolute Gasteiger partial charge is 0.460 e. The first-order chi connectivity index (χ1) is 8.24. The SMILES string of the molecule is O=c1cc(-c2ccccc2Cl)oc(C2CC2)c1. The van der Waals surface area contributed by atoms with E-state index in [0.717, 1.165) is 24.2 Å². The molecule has 3 rings (SSSR count). The molecule has 2 nitrogen and oxygen atoms in total. The molecule has 2 aromatic rings. The summed E-state index contributed by atoms with van der Waals surface area (Å²) < 4.78 is 5.76. The van der Waals surface area contributed by atoms with Gasteiger partial charge in [0.15, 0.2) is 5.43 Å². The van der Waals surface area contributed by atoms with Gasteiger partial charge in [0.1, 0.15) is 11.5 Å². The van der Waals surface area contributed by atoms with Gasteiger partial charge in [-0.1, -0.05) is 23.7 Å². The van der Waals surface area contributed by atoms with Crippen LogP contribution in [-0.2, 0) is 0 Å². The highest BCUT2D eigenvalue weighted by Gasteiger charge is 2.27. The lowest BCUT2D eigenvalue weighted by Crippen LogP contribution is -2.00. The molecule has 1 saturated carbocycles. The number of benzene rings is 1. The Kier molecular flexibility index (Phi) is 2.52. The second-order valence-corrected chi connectivity index (χ2v) is 4.72. The van der Waals surface area contributed by atoms with E-state index in [9.17, 15) is 4.79 Å². The van der Waals surface area contributed by atoms with Crippen molar-refractivity contribution in [3.05, 3.63) is 57.4 Å². The van der Waals surface area contributed by atoms with E-state index >= 15 is 0 Å². The van der Waals surface area contributed by atoms with Crippen molar-refractivity contribution >= 4 is 11.6 Å². The third-order valence-corrected chi connectivity index (χ3v) is 3.23. The molecule has 0 N–H and O–H groups in total. The van der Waals surface area contributed by atoms with E-state index in [-0.39, 0.29) is 5.43 Å². The van der Waals surface area contributed by atoms with Crippen molar-refractivity contribution in [2.75, 3.05) is 0 Å². The van der Waals surface area contributed by atoms with Gasteiger partial charge in [-0.3, -0.25) is 4.79 Å². The summed E-state index contributed by atoms with van der Waals surface area (Å²) in [7, 11) is 0. The van der Waals surface area contributed by atoms with Crippen molar-refractivity contribution in [1.82, 2.24) is 0 Å². The molecule has 3 heteroatoms. The Morgan fingerprint density at radius 3 is 2.65 bits per heavy atom. The highest BCUT2D eigenvalue weighted by molar-refractivity contribution is 6.33. The first-order valence-corrected chi connectivity index (χ1v) is 6.02. The smallest absolute Gasteiger partial charge is 0.185 e. The van der Waals surface area contributed by atoms with Crippen LogP contribution in [0.2, 0.25) is 5.02 Å². The van der Waals surface area contributed by atoms with Gasteiger partial charge in [0, 0.05) is 23.6 Å². The summed E-state index contributed by atoms with van der Waals surface area (Å²) in [6, 6.07) is 10.5. The fourth-order valence-corrected chi connectivity index (χ4v) is 2.09. The summed E-state index contributed by atoms with van der Waals surface area (Å²) in [4.78, 5) is 11.6. The monoisotopic (exact) mass is 246 g/mol. The van der Waals surface area contributed by atoms with Crippen molar-refractivity contribution in [3.63, 3.8) is 0 Å². The molecule has 17 heavy (non-hydrogen) atoms. The minimum atomic E-state index is -0.0203. The van der Waals surface area contributed by atoms with E-state index in [2.05, 4.69) is 0 Å². The van der Waals surface area contributed by atoms with Crippen LogP contribution in [0.4, 0.5) is 0 Å². The molecule has 86 valence electrons. The molecule has 0 unspecified atom stereocenters. The first-order valence-electron chi connectivity index (χ1n) is 5.64. The van der Waals surface area contributed by atoms with Gasteiger partial charge in [0.05, 0.1) is 5.02 Å². The van der Waals surface area contributed by atoms with Gasteiger partial charge < -0.3 is 4.42 Å². The molecule has 1 aromatic heterocycles. The Morgan fingerprint density at radius 2 is 1.94 bits per heavy atom. The third kappa shape index (κ3) is 2.13. The minimum Gasteiger partial charge on any atom is -0.460 e. The summed E-state index contributed by atoms with van der Waals surface area (Å²) in [5, 5.41) is 0.601. The summed E-state index contributed by atoms with van der Waals surface area (Å²) in [5.41, 5.74) is 0.752. The Hall–Kier alpha value is -1.54. The highest BCUT2D eigenvalue weighted by Crippen LogP contribution is 2.40. The standard InChI is InChI=1S/C14H11ClO2/c15-12-4-2-1-3-11(12)14-8-10(16)7-13(17-14)9-5-6-9/h1-4,7-9H,5-6H2. The minimum absolute atomic E-state index is 0.0203. The molecular formula is C14H11ClO2. The van der Waals surface area contributed by atoms with Crippen molar-refractivity contribution in [2.24, 2.45) is 0 Å².